The zero-order valence-electron chi connectivity index (χ0n) is 16.2. The standard InChI is InChI=1S/C19H17F7N2O3S/c20-15-3-1-2-4-16(15)32(30,31)28-11-9-27(10-12-28)14-7-5-13(6-8-14)17(29,18(21,22)23)19(24,25)26/h1-8,29H,9-12H2. The number of aliphatic hydroxyl groups is 1. The summed E-state index contributed by atoms with van der Waals surface area (Å²) in [6, 6.07) is 7.87. The van der Waals surface area contributed by atoms with Gasteiger partial charge in [0.25, 0.3) is 5.60 Å². The van der Waals surface area contributed by atoms with Gasteiger partial charge >= 0.3 is 12.4 Å². The molecule has 0 saturated carbocycles. The monoisotopic (exact) mass is 486 g/mol. The van der Waals surface area contributed by atoms with Gasteiger partial charge in [-0.2, -0.15) is 30.6 Å². The predicted octanol–water partition coefficient (Wildman–Crippen LogP) is 3.65. The van der Waals surface area contributed by atoms with E-state index in [1.54, 1.807) is 4.90 Å². The molecule has 1 aliphatic rings. The lowest BCUT2D eigenvalue weighted by Gasteiger charge is -2.36. The van der Waals surface area contributed by atoms with Crippen molar-refractivity contribution in [2.24, 2.45) is 0 Å². The van der Waals surface area contributed by atoms with E-state index in [1.165, 1.54) is 12.1 Å². The molecule has 0 aromatic heterocycles. The SMILES string of the molecule is O=S(=O)(c1ccccc1F)N1CCN(c2ccc(C(O)(C(F)(F)F)C(F)(F)F)cc2)CC1. The van der Waals surface area contributed by atoms with Crippen molar-refractivity contribution in [1.29, 1.82) is 0 Å². The molecule has 13 heteroatoms. The molecule has 0 spiro atoms. The summed E-state index contributed by atoms with van der Waals surface area (Å²) in [6.07, 6.45) is -12.0. The summed E-state index contributed by atoms with van der Waals surface area (Å²) in [7, 11) is -4.11. The predicted molar refractivity (Wildman–Crippen MR) is 99.8 cm³/mol. The number of hydrogen-bond acceptors (Lipinski definition) is 4. The van der Waals surface area contributed by atoms with Crippen molar-refractivity contribution in [2.75, 3.05) is 31.1 Å². The number of nitrogens with zero attached hydrogens (tertiary/aromatic N) is 2. The zero-order valence-corrected chi connectivity index (χ0v) is 17.0. The van der Waals surface area contributed by atoms with Crippen LogP contribution in [0, 0.1) is 5.82 Å². The van der Waals surface area contributed by atoms with Gasteiger partial charge < -0.3 is 10.0 Å². The van der Waals surface area contributed by atoms with Gasteiger partial charge in [-0.25, -0.2) is 12.8 Å². The second-order valence-corrected chi connectivity index (χ2v) is 8.98. The molecule has 1 N–H and O–H groups in total. The number of rotatable bonds is 4. The van der Waals surface area contributed by atoms with E-state index in [0.29, 0.717) is 12.1 Å². The van der Waals surface area contributed by atoms with Crippen LogP contribution in [-0.4, -0.2) is 56.4 Å². The third-order valence-corrected chi connectivity index (χ3v) is 7.10. The Bertz CT molecular complexity index is 1050. The number of hydrogen-bond donors (Lipinski definition) is 1. The summed E-state index contributed by atoms with van der Waals surface area (Å²) in [5.41, 5.74) is -6.17. The quantitative estimate of drug-likeness (QED) is 0.671. The molecule has 176 valence electrons. The fourth-order valence-corrected chi connectivity index (χ4v) is 4.87. The molecule has 1 heterocycles. The van der Waals surface area contributed by atoms with Crippen molar-refractivity contribution in [3.05, 3.63) is 59.9 Å². The maximum Gasteiger partial charge on any atom is 0.430 e. The Morgan fingerprint density at radius 1 is 0.781 bits per heavy atom. The summed E-state index contributed by atoms with van der Waals surface area (Å²) in [6.45, 7) is -0.0212. The van der Waals surface area contributed by atoms with Gasteiger partial charge in [-0.05, 0) is 24.3 Å². The minimum atomic E-state index is -5.99. The Labute approximate surface area is 178 Å². The molecule has 32 heavy (non-hydrogen) atoms. The van der Waals surface area contributed by atoms with Gasteiger partial charge in [0.1, 0.15) is 10.7 Å². The first-order chi connectivity index (χ1) is 14.7. The third kappa shape index (κ3) is 4.16. The number of benzene rings is 2. The molecule has 3 rings (SSSR count). The van der Waals surface area contributed by atoms with Crippen molar-refractivity contribution < 1.29 is 44.3 Å². The van der Waals surface area contributed by atoms with E-state index < -0.39 is 44.3 Å². The molecule has 5 nitrogen and oxygen atoms in total. The number of halogens is 7. The second kappa shape index (κ2) is 8.19. The van der Waals surface area contributed by atoms with E-state index in [1.807, 2.05) is 0 Å². The smallest absolute Gasteiger partial charge is 0.369 e. The van der Waals surface area contributed by atoms with Crippen LogP contribution in [0.5, 0.6) is 0 Å². The first-order valence-corrected chi connectivity index (χ1v) is 10.6. The van der Waals surface area contributed by atoms with E-state index in [0.717, 1.165) is 28.6 Å². The lowest BCUT2D eigenvalue weighted by Crippen LogP contribution is -2.54. The molecule has 1 aliphatic heterocycles. The van der Waals surface area contributed by atoms with Gasteiger partial charge in [-0.1, -0.05) is 24.3 Å². The molecule has 1 fully saturated rings. The van der Waals surface area contributed by atoms with Gasteiger partial charge in [-0.15, -0.1) is 0 Å². The van der Waals surface area contributed by atoms with Crippen molar-refractivity contribution in [3.63, 3.8) is 0 Å². The fraction of sp³-hybridized carbons (Fsp3) is 0.368. The Balaban J connectivity index is 1.77. The normalized spacial score (nSPS) is 16.9. The van der Waals surface area contributed by atoms with Crippen LogP contribution in [0.4, 0.5) is 36.4 Å². The number of piperazine rings is 1. The summed E-state index contributed by atoms with van der Waals surface area (Å²) >= 11 is 0. The number of alkyl halides is 6. The highest BCUT2D eigenvalue weighted by atomic mass is 32.2. The highest BCUT2D eigenvalue weighted by Gasteiger charge is 2.71. The largest absolute Gasteiger partial charge is 0.430 e. The zero-order chi connectivity index (χ0) is 23.9. The Hall–Kier alpha value is -2.38. The van der Waals surface area contributed by atoms with Crippen LogP contribution in [-0.2, 0) is 15.6 Å². The van der Waals surface area contributed by atoms with Crippen LogP contribution < -0.4 is 4.90 Å². The van der Waals surface area contributed by atoms with Gasteiger partial charge in [0.15, 0.2) is 0 Å². The average Bonchev–Trinajstić information content (AvgIpc) is 2.72. The summed E-state index contributed by atoms with van der Waals surface area (Å²) in [4.78, 5) is 1.06. The van der Waals surface area contributed by atoms with Gasteiger partial charge in [0, 0.05) is 37.4 Å². The van der Waals surface area contributed by atoms with Crippen LogP contribution >= 0.6 is 0 Å². The molecule has 0 bridgehead atoms. The molecule has 0 atom stereocenters. The molecule has 0 radical (unpaired) electrons. The highest BCUT2D eigenvalue weighted by Crippen LogP contribution is 2.50. The van der Waals surface area contributed by atoms with Gasteiger partial charge in [0.05, 0.1) is 0 Å². The fourth-order valence-electron chi connectivity index (χ4n) is 3.38. The maximum absolute atomic E-state index is 13.9. The minimum Gasteiger partial charge on any atom is -0.369 e. The summed E-state index contributed by atoms with van der Waals surface area (Å²) < 4.78 is 118. The van der Waals surface area contributed by atoms with E-state index in [9.17, 15) is 44.3 Å². The van der Waals surface area contributed by atoms with E-state index in [2.05, 4.69) is 0 Å². The minimum absolute atomic E-state index is 0.0653. The molecular weight excluding hydrogens is 469 g/mol. The lowest BCUT2D eigenvalue weighted by atomic mass is 9.92. The van der Waals surface area contributed by atoms with Crippen LogP contribution in [0.3, 0.4) is 0 Å². The van der Waals surface area contributed by atoms with Crippen LogP contribution in [0.15, 0.2) is 53.4 Å². The first-order valence-electron chi connectivity index (χ1n) is 9.15. The Kier molecular flexibility index (Phi) is 6.21. The first kappa shape index (κ1) is 24.3. The highest BCUT2D eigenvalue weighted by molar-refractivity contribution is 7.89. The molecular formula is C19H17F7N2O3S. The number of sulfonamides is 1. The van der Waals surface area contributed by atoms with Crippen molar-refractivity contribution in [1.82, 2.24) is 4.31 Å². The van der Waals surface area contributed by atoms with Gasteiger partial charge in [0.2, 0.25) is 10.0 Å². The second-order valence-electron chi connectivity index (χ2n) is 7.07. The molecule has 0 amide bonds. The molecule has 2 aromatic carbocycles. The van der Waals surface area contributed by atoms with E-state index in [4.69, 9.17) is 0 Å². The van der Waals surface area contributed by atoms with Crippen molar-refractivity contribution in [3.8, 4) is 0 Å². The third-order valence-electron chi connectivity index (χ3n) is 5.16. The van der Waals surface area contributed by atoms with Crippen LogP contribution in [0.25, 0.3) is 0 Å². The van der Waals surface area contributed by atoms with E-state index in [-0.39, 0.29) is 31.9 Å². The Morgan fingerprint density at radius 2 is 1.28 bits per heavy atom. The van der Waals surface area contributed by atoms with Gasteiger partial charge in [-0.3, -0.25) is 0 Å². The number of anilines is 1. The topological polar surface area (TPSA) is 60.9 Å². The summed E-state index contributed by atoms with van der Waals surface area (Å²) in [5.74, 6) is -0.910. The molecule has 0 aliphatic carbocycles. The average molecular weight is 486 g/mol. The lowest BCUT2D eigenvalue weighted by molar-refractivity contribution is -0.376. The maximum atomic E-state index is 13.9. The van der Waals surface area contributed by atoms with Crippen LogP contribution in [0.2, 0.25) is 0 Å². The van der Waals surface area contributed by atoms with Crippen molar-refractivity contribution in [2.45, 2.75) is 22.8 Å². The molecule has 1 saturated heterocycles. The van der Waals surface area contributed by atoms with Crippen molar-refractivity contribution >= 4 is 15.7 Å². The molecule has 0 unspecified atom stereocenters. The Morgan fingerprint density at radius 3 is 1.75 bits per heavy atom. The van der Waals surface area contributed by atoms with E-state index >= 15 is 0 Å². The summed E-state index contributed by atoms with van der Waals surface area (Å²) in [5, 5.41) is 9.44. The van der Waals surface area contributed by atoms with Crippen LogP contribution in [0.1, 0.15) is 5.56 Å². The molecule has 2 aromatic rings.